The number of carbonyl (C=O) groups excluding carboxylic acids is 1. The Balaban J connectivity index is 1.90. The Bertz CT molecular complexity index is 922. The highest BCUT2D eigenvalue weighted by Gasteiger charge is 2.27. The van der Waals surface area contributed by atoms with Gasteiger partial charge in [0, 0.05) is 24.2 Å². The van der Waals surface area contributed by atoms with E-state index in [1.165, 1.54) is 31.0 Å². The van der Waals surface area contributed by atoms with Gasteiger partial charge in [0.1, 0.15) is 0 Å². The van der Waals surface area contributed by atoms with Gasteiger partial charge in [0.2, 0.25) is 5.91 Å². The van der Waals surface area contributed by atoms with Gasteiger partial charge < -0.3 is 4.90 Å². The van der Waals surface area contributed by atoms with Gasteiger partial charge in [-0.1, -0.05) is 42.6 Å². The van der Waals surface area contributed by atoms with Gasteiger partial charge in [0.15, 0.2) is 5.16 Å². The summed E-state index contributed by atoms with van der Waals surface area (Å²) >= 11 is 7.44. The number of amides is 1. The first-order chi connectivity index (χ1) is 13.3. The van der Waals surface area contributed by atoms with Crippen LogP contribution in [0.4, 0.5) is 0 Å². The number of halogens is 1. The molecule has 0 saturated heterocycles. The van der Waals surface area contributed by atoms with E-state index in [2.05, 4.69) is 4.98 Å². The van der Waals surface area contributed by atoms with Crippen LogP contribution in [0.5, 0.6) is 0 Å². The molecule has 2 aromatic rings. The van der Waals surface area contributed by atoms with Crippen LogP contribution in [0.3, 0.4) is 0 Å². The van der Waals surface area contributed by atoms with Gasteiger partial charge in [-0.3, -0.25) is 14.2 Å². The minimum absolute atomic E-state index is 0.0547. The number of hydrogen-bond donors (Lipinski definition) is 0. The summed E-state index contributed by atoms with van der Waals surface area (Å²) in [6, 6.07) is 5.38. The second-order valence-electron chi connectivity index (χ2n) is 7.83. The van der Waals surface area contributed by atoms with Crippen molar-refractivity contribution in [2.24, 2.45) is 0 Å². The lowest BCUT2D eigenvalue weighted by Gasteiger charge is -2.33. The van der Waals surface area contributed by atoms with Crippen molar-refractivity contribution in [3.63, 3.8) is 0 Å². The molecule has 1 aliphatic carbocycles. The quantitative estimate of drug-likeness (QED) is 0.508. The first-order valence-electron chi connectivity index (χ1n) is 9.94. The van der Waals surface area contributed by atoms with Crippen molar-refractivity contribution in [2.75, 3.05) is 7.05 Å². The third kappa shape index (κ3) is 4.38. The molecule has 1 heterocycles. The van der Waals surface area contributed by atoms with E-state index in [4.69, 9.17) is 11.6 Å². The third-order valence-corrected chi connectivity index (χ3v) is 6.74. The molecular formula is C21H28ClN3O2S. The van der Waals surface area contributed by atoms with Gasteiger partial charge in [0.25, 0.3) is 5.56 Å². The summed E-state index contributed by atoms with van der Waals surface area (Å²) in [5.74, 6) is 0.0904. The summed E-state index contributed by atoms with van der Waals surface area (Å²) in [6.45, 7) is 5.80. The Morgan fingerprint density at radius 1 is 1.25 bits per heavy atom. The maximum atomic E-state index is 13.0. The number of aromatic nitrogens is 2. The molecule has 0 bridgehead atoms. The second-order valence-corrected chi connectivity index (χ2v) is 9.57. The number of hydrogen-bond acceptors (Lipinski definition) is 4. The molecule has 1 aromatic heterocycles. The van der Waals surface area contributed by atoms with Crippen molar-refractivity contribution in [3.8, 4) is 0 Å². The Morgan fingerprint density at radius 3 is 2.57 bits per heavy atom. The SMILES string of the molecule is CC(Sc1nc2cc(Cl)ccc2c(=O)n1C(C)C)C(=O)N(C)C1CCCCC1. The molecule has 1 atom stereocenters. The van der Waals surface area contributed by atoms with Crippen LogP contribution in [-0.2, 0) is 4.79 Å². The summed E-state index contributed by atoms with van der Waals surface area (Å²) in [7, 11) is 1.90. The number of carbonyl (C=O) groups is 1. The van der Waals surface area contributed by atoms with Crippen molar-refractivity contribution in [1.82, 2.24) is 14.5 Å². The van der Waals surface area contributed by atoms with Gasteiger partial charge >= 0.3 is 0 Å². The molecule has 0 aliphatic heterocycles. The predicted molar refractivity (Wildman–Crippen MR) is 116 cm³/mol. The summed E-state index contributed by atoms with van der Waals surface area (Å²) < 4.78 is 1.67. The molecule has 0 spiro atoms. The van der Waals surface area contributed by atoms with Crippen LogP contribution in [0.2, 0.25) is 5.02 Å². The lowest BCUT2D eigenvalue weighted by atomic mass is 9.94. The second kappa shape index (κ2) is 8.87. The summed E-state index contributed by atoms with van der Waals surface area (Å²) in [4.78, 5) is 32.6. The lowest BCUT2D eigenvalue weighted by molar-refractivity contribution is -0.131. The minimum atomic E-state index is -0.319. The average Bonchev–Trinajstić information content (AvgIpc) is 2.66. The van der Waals surface area contributed by atoms with E-state index in [-0.39, 0.29) is 22.8 Å². The maximum Gasteiger partial charge on any atom is 0.262 e. The van der Waals surface area contributed by atoms with Crippen molar-refractivity contribution in [2.45, 2.75) is 75.4 Å². The Labute approximate surface area is 175 Å². The molecule has 28 heavy (non-hydrogen) atoms. The molecule has 0 N–H and O–H groups in total. The summed E-state index contributed by atoms with van der Waals surface area (Å²) in [5, 5.41) is 1.33. The predicted octanol–water partition coefficient (Wildman–Crippen LogP) is 4.90. The van der Waals surface area contributed by atoms with Gasteiger partial charge in [0.05, 0.1) is 16.2 Å². The van der Waals surface area contributed by atoms with Crippen molar-refractivity contribution in [3.05, 3.63) is 33.6 Å². The van der Waals surface area contributed by atoms with Crippen LogP contribution in [-0.4, -0.2) is 38.7 Å². The summed E-state index contributed by atoms with van der Waals surface area (Å²) in [6.07, 6.45) is 5.77. The van der Waals surface area contributed by atoms with E-state index >= 15 is 0 Å². The maximum absolute atomic E-state index is 13.0. The zero-order valence-electron chi connectivity index (χ0n) is 16.9. The third-order valence-electron chi connectivity index (χ3n) is 5.45. The van der Waals surface area contributed by atoms with Crippen LogP contribution in [0.1, 0.15) is 58.9 Å². The number of nitrogens with zero attached hydrogens (tertiary/aromatic N) is 3. The number of fused-ring (bicyclic) bond motifs is 1. The fourth-order valence-electron chi connectivity index (χ4n) is 3.83. The van der Waals surface area contributed by atoms with E-state index in [0.717, 1.165) is 12.8 Å². The monoisotopic (exact) mass is 421 g/mol. The van der Waals surface area contributed by atoms with Crippen molar-refractivity contribution >= 4 is 40.2 Å². The highest BCUT2D eigenvalue weighted by Crippen LogP contribution is 2.28. The van der Waals surface area contributed by atoms with Gasteiger partial charge in [-0.2, -0.15) is 0 Å². The Kier molecular flexibility index (Phi) is 6.71. The highest BCUT2D eigenvalue weighted by molar-refractivity contribution is 8.00. The molecule has 1 amide bonds. The number of rotatable bonds is 5. The van der Waals surface area contributed by atoms with Crippen LogP contribution in [0.15, 0.2) is 28.2 Å². The van der Waals surface area contributed by atoms with E-state index in [0.29, 0.717) is 27.1 Å². The Morgan fingerprint density at radius 2 is 1.93 bits per heavy atom. The lowest BCUT2D eigenvalue weighted by Crippen LogP contribution is -2.42. The largest absolute Gasteiger partial charge is 0.342 e. The fraction of sp³-hybridized carbons (Fsp3) is 0.571. The molecule has 1 aliphatic rings. The molecule has 3 rings (SSSR count). The van der Waals surface area contributed by atoms with Crippen LogP contribution in [0, 0.1) is 0 Å². The topological polar surface area (TPSA) is 55.2 Å². The highest BCUT2D eigenvalue weighted by atomic mass is 35.5. The normalized spacial score (nSPS) is 16.5. The molecule has 152 valence electrons. The van der Waals surface area contributed by atoms with E-state index in [1.807, 2.05) is 32.7 Å². The Hall–Kier alpha value is -1.53. The molecule has 5 nitrogen and oxygen atoms in total. The molecule has 1 fully saturated rings. The zero-order valence-corrected chi connectivity index (χ0v) is 18.5. The van der Waals surface area contributed by atoms with Crippen LogP contribution >= 0.6 is 23.4 Å². The van der Waals surface area contributed by atoms with Crippen molar-refractivity contribution < 1.29 is 4.79 Å². The first kappa shape index (κ1) is 21.2. The van der Waals surface area contributed by atoms with Gasteiger partial charge in [-0.15, -0.1) is 0 Å². The molecule has 1 saturated carbocycles. The molecule has 1 aromatic carbocycles. The van der Waals surface area contributed by atoms with E-state index in [9.17, 15) is 9.59 Å². The number of benzene rings is 1. The molecule has 0 radical (unpaired) electrons. The van der Waals surface area contributed by atoms with Gasteiger partial charge in [-0.05, 0) is 51.8 Å². The van der Waals surface area contributed by atoms with Gasteiger partial charge in [-0.25, -0.2) is 4.98 Å². The minimum Gasteiger partial charge on any atom is -0.342 e. The smallest absolute Gasteiger partial charge is 0.262 e. The van der Waals surface area contributed by atoms with Crippen LogP contribution in [0.25, 0.3) is 10.9 Å². The van der Waals surface area contributed by atoms with Crippen molar-refractivity contribution in [1.29, 1.82) is 0 Å². The molecule has 7 heteroatoms. The first-order valence-corrected chi connectivity index (χ1v) is 11.2. The van der Waals surface area contributed by atoms with E-state index < -0.39 is 0 Å². The average molecular weight is 422 g/mol. The number of thioether (sulfide) groups is 1. The standard InChI is InChI=1S/C21H28ClN3O2S/c1-13(2)25-20(27)17-11-10-15(22)12-18(17)23-21(25)28-14(3)19(26)24(4)16-8-6-5-7-9-16/h10-14,16H,5-9H2,1-4H3. The zero-order chi connectivity index (χ0) is 20.4. The molecular weight excluding hydrogens is 394 g/mol. The van der Waals surface area contributed by atoms with E-state index in [1.54, 1.807) is 22.8 Å². The van der Waals surface area contributed by atoms with Crippen LogP contribution < -0.4 is 5.56 Å². The fourth-order valence-corrected chi connectivity index (χ4v) is 5.14. The molecule has 1 unspecified atom stereocenters. The summed E-state index contributed by atoms with van der Waals surface area (Å²) in [5.41, 5.74) is 0.469.